The topological polar surface area (TPSA) is 0 Å². The smallest absolute Gasteiger partial charge is 0.748 e. The Labute approximate surface area is 83.7 Å². The first kappa shape index (κ1) is 10.5. The molecule has 0 aliphatic carbocycles. The number of hydrogen-bond acceptors (Lipinski definition) is 0. The zero-order valence-corrected chi connectivity index (χ0v) is 7.89. The van der Waals surface area contributed by atoms with Crippen LogP contribution in [0.15, 0.2) is 60.7 Å². The second kappa shape index (κ2) is 7.57. The van der Waals surface area contributed by atoms with Gasteiger partial charge in [-0.25, -0.2) is 12.1 Å². The third-order valence-electron chi connectivity index (χ3n) is 1.11. The number of rotatable bonds is 0. The zero-order valence-electron chi connectivity index (χ0n) is 6.48. The first-order valence-corrected chi connectivity index (χ1v) is 3.33. The van der Waals surface area contributed by atoms with Gasteiger partial charge in [0, 0.05) is 0 Å². The van der Waals surface area contributed by atoms with Crippen LogP contribution in [-0.4, -0.2) is 23.1 Å². The van der Waals surface area contributed by atoms with Crippen LogP contribution in [0.2, 0.25) is 0 Å². The van der Waals surface area contributed by atoms with E-state index in [-0.39, 0.29) is 23.1 Å². The molecule has 0 amide bonds. The predicted molar refractivity (Wildman–Crippen MR) is 49.8 cm³/mol. The molecule has 0 aromatic heterocycles. The molecule has 0 aliphatic rings. The van der Waals surface area contributed by atoms with Crippen LogP contribution in [0.1, 0.15) is 0 Å². The van der Waals surface area contributed by atoms with Gasteiger partial charge in [-0.15, -0.1) is 0 Å². The first-order valence-electron chi connectivity index (χ1n) is 3.33. The molecule has 0 bridgehead atoms. The van der Waals surface area contributed by atoms with Crippen molar-refractivity contribution in [3.05, 3.63) is 60.7 Å². The summed E-state index contributed by atoms with van der Waals surface area (Å²) in [6, 6.07) is 20.0. The third-order valence-corrected chi connectivity index (χ3v) is 1.11. The Morgan fingerprint density at radius 2 is 1.00 bits per heavy atom. The van der Waals surface area contributed by atoms with E-state index in [1.807, 2.05) is 60.7 Å². The van der Waals surface area contributed by atoms with Crippen LogP contribution in [0.5, 0.6) is 0 Å². The molecule has 0 heterocycles. The van der Waals surface area contributed by atoms with Crippen LogP contribution in [-0.2, 0) is 0 Å². The molecule has 0 aliphatic heterocycles. The largest absolute Gasteiger partial charge is 2.00 e. The fourth-order valence-corrected chi connectivity index (χ4v) is 0.642. The van der Waals surface area contributed by atoms with Gasteiger partial charge < -0.3 is 30.3 Å². The Kier molecular flexibility index (Phi) is 7.20. The zero-order chi connectivity index (χ0) is 7.07. The minimum Gasteiger partial charge on any atom is -0.748 e. The molecule has 56 valence electrons. The molecule has 2 aromatic rings. The maximum absolute atomic E-state index is 2.00. The van der Waals surface area contributed by atoms with E-state index in [1.165, 1.54) is 0 Å². The van der Waals surface area contributed by atoms with Crippen molar-refractivity contribution in [1.29, 1.82) is 0 Å². The van der Waals surface area contributed by atoms with E-state index in [9.17, 15) is 0 Å². The Balaban J connectivity index is 0.000000167. The Hall–Kier alpha value is -0.534. The maximum atomic E-state index is 2.00. The van der Waals surface area contributed by atoms with E-state index in [1.54, 1.807) is 0 Å². The summed E-state index contributed by atoms with van der Waals surface area (Å²) in [5.74, 6) is 0. The Morgan fingerprint density at radius 1 is 0.636 bits per heavy atom. The Morgan fingerprint density at radius 3 is 1.18 bits per heavy atom. The van der Waals surface area contributed by atoms with Gasteiger partial charge in [-0.1, -0.05) is 0 Å². The molecule has 0 radical (unpaired) electrons. The standard InChI is InChI=1S/2C5H5.Mg/c2*1-2-4-5-3-1;/h2*1-5H;/q-5;-1;+2. The molecule has 0 saturated carbocycles. The average molecular weight is 154 g/mol. The normalized spacial score (nSPS) is 7.27. The summed E-state index contributed by atoms with van der Waals surface area (Å²) in [5.41, 5.74) is 0. The molecule has 0 atom stereocenters. The fourth-order valence-electron chi connectivity index (χ4n) is 0.642. The minimum atomic E-state index is 0. The fraction of sp³-hybridized carbons (Fsp3) is 0. The van der Waals surface area contributed by atoms with Gasteiger partial charge in [0.25, 0.3) is 0 Å². The van der Waals surface area contributed by atoms with Crippen molar-refractivity contribution in [1.82, 2.24) is 0 Å². The summed E-state index contributed by atoms with van der Waals surface area (Å²) >= 11 is 0. The molecule has 2 aromatic carbocycles. The van der Waals surface area contributed by atoms with Crippen LogP contribution < -0.4 is 0 Å². The molecule has 1 heteroatoms. The molecule has 0 spiro atoms. The van der Waals surface area contributed by atoms with E-state index in [0.29, 0.717) is 0 Å². The molecular formula is C10H10Mg-4. The molecule has 0 saturated heterocycles. The second-order valence-corrected chi connectivity index (χ2v) is 1.92. The summed E-state index contributed by atoms with van der Waals surface area (Å²) in [7, 11) is 0. The number of hydrogen-bond donors (Lipinski definition) is 0. The summed E-state index contributed by atoms with van der Waals surface area (Å²) < 4.78 is 0. The predicted octanol–water partition coefficient (Wildman–Crippen LogP) is 2.43. The minimum absolute atomic E-state index is 0. The van der Waals surface area contributed by atoms with Crippen LogP contribution in [0.3, 0.4) is 0 Å². The monoisotopic (exact) mass is 154 g/mol. The Bertz CT molecular complexity index is 144. The van der Waals surface area contributed by atoms with Crippen molar-refractivity contribution < 1.29 is 0 Å². The van der Waals surface area contributed by atoms with Crippen LogP contribution in [0.4, 0.5) is 0 Å². The van der Waals surface area contributed by atoms with Gasteiger partial charge in [0.1, 0.15) is 0 Å². The van der Waals surface area contributed by atoms with Gasteiger partial charge >= 0.3 is 23.1 Å². The average Bonchev–Trinajstić information content (AvgIpc) is 2.67. The van der Waals surface area contributed by atoms with Gasteiger partial charge in [-0.3, -0.25) is 0 Å². The molecule has 0 nitrogen and oxygen atoms in total. The molecule has 0 N–H and O–H groups in total. The van der Waals surface area contributed by atoms with Crippen molar-refractivity contribution in [2.75, 3.05) is 0 Å². The molecule has 11 heavy (non-hydrogen) atoms. The van der Waals surface area contributed by atoms with Gasteiger partial charge in [0.05, 0.1) is 0 Å². The first-order chi connectivity index (χ1) is 5.00. The van der Waals surface area contributed by atoms with Crippen molar-refractivity contribution >= 4 is 23.1 Å². The van der Waals surface area contributed by atoms with Crippen LogP contribution in [0.25, 0.3) is 0 Å². The summed E-state index contributed by atoms with van der Waals surface area (Å²) in [5, 5.41) is 0. The van der Waals surface area contributed by atoms with Crippen molar-refractivity contribution in [2.45, 2.75) is 0 Å². The van der Waals surface area contributed by atoms with Crippen LogP contribution >= 0.6 is 0 Å². The summed E-state index contributed by atoms with van der Waals surface area (Å²) in [6.45, 7) is 0. The molecule has 0 unspecified atom stereocenters. The summed E-state index contributed by atoms with van der Waals surface area (Å²) in [4.78, 5) is 0. The van der Waals surface area contributed by atoms with Crippen LogP contribution in [0, 0.1) is 0 Å². The van der Waals surface area contributed by atoms with E-state index < -0.39 is 0 Å². The van der Waals surface area contributed by atoms with E-state index in [0.717, 1.165) is 0 Å². The van der Waals surface area contributed by atoms with E-state index in [4.69, 9.17) is 0 Å². The molecular weight excluding hydrogens is 144 g/mol. The van der Waals surface area contributed by atoms with Gasteiger partial charge in [-0.05, 0) is 0 Å². The van der Waals surface area contributed by atoms with Crippen molar-refractivity contribution in [3.8, 4) is 0 Å². The second-order valence-electron chi connectivity index (χ2n) is 1.92. The quantitative estimate of drug-likeness (QED) is 0.404. The van der Waals surface area contributed by atoms with E-state index >= 15 is 0 Å². The maximum Gasteiger partial charge on any atom is 2.00 e. The van der Waals surface area contributed by atoms with Crippen molar-refractivity contribution in [2.24, 2.45) is 0 Å². The SMILES string of the molecule is [Mg+2].[cH-]1[cH-][cH-][cH-][cH-]1.c1cc[cH-]c1. The molecule has 2 rings (SSSR count). The third kappa shape index (κ3) is 5.89. The van der Waals surface area contributed by atoms with E-state index in [2.05, 4.69) is 0 Å². The summed E-state index contributed by atoms with van der Waals surface area (Å²) in [6.07, 6.45) is 0. The van der Waals surface area contributed by atoms with Gasteiger partial charge in [-0.2, -0.15) is 18.2 Å². The van der Waals surface area contributed by atoms with Gasteiger partial charge in [0.15, 0.2) is 0 Å². The van der Waals surface area contributed by atoms with Crippen molar-refractivity contribution in [3.63, 3.8) is 0 Å². The van der Waals surface area contributed by atoms with Gasteiger partial charge in [0.2, 0.25) is 0 Å². The molecule has 0 fully saturated rings.